The maximum Gasteiger partial charge on any atom is 0.253 e. The molecule has 1 N–H and O–H groups in total. The predicted octanol–water partition coefficient (Wildman–Crippen LogP) is 4.39. The van der Waals surface area contributed by atoms with Gasteiger partial charge in [-0.05, 0) is 67.8 Å². The maximum absolute atomic E-state index is 12.7. The van der Waals surface area contributed by atoms with Crippen molar-refractivity contribution in [2.45, 2.75) is 44.8 Å². The summed E-state index contributed by atoms with van der Waals surface area (Å²) < 4.78 is 1.37. The summed E-state index contributed by atoms with van der Waals surface area (Å²) in [6.45, 7) is 4.13. The number of rotatable bonds is 4. The first-order valence-electron chi connectivity index (χ1n) is 10.1. The Bertz CT molecular complexity index is 981. The number of nitrogens with one attached hydrogen (secondary N) is 1. The molecule has 1 saturated heterocycles. The first kappa shape index (κ1) is 17.8. The highest BCUT2D eigenvalue weighted by Crippen LogP contribution is 2.40. The molecule has 1 aliphatic carbocycles. The second-order valence-corrected chi connectivity index (χ2v) is 9.32. The molecule has 2 fully saturated rings. The fourth-order valence-electron chi connectivity index (χ4n) is 5.00. The van der Waals surface area contributed by atoms with Gasteiger partial charge in [-0.1, -0.05) is 18.2 Å². The van der Waals surface area contributed by atoms with E-state index in [1.807, 2.05) is 24.3 Å². The van der Waals surface area contributed by atoms with E-state index in [9.17, 15) is 4.79 Å². The van der Waals surface area contributed by atoms with Crippen LogP contribution < -0.4 is 5.32 Å². The molecular formula is C23H25N3OS. The van der Waals surface area contributed by atoms with Gasteiger partial charge in [0, 0.05) is 40.6 Å². The number of aromatic nitrogens is 1. The van der Waals surface area contributed by atoms with Gasteiger partial charge in [0.1, 0.15) is 0 Å². The van der Waals surface area contributed by atoms with Crippen LogP contribution in [0.5, 0.6) is 0 Å². The number of carbonyl (C=O) groups excluding carboxylic acids is 1. The second kappa shape index (κ2) is 7.30. The van der Waals surface area contributed by atoms with Gasteiger partial charge in [0.25, 0.3) is 5.91 Å². The zero-order valence-corrected chi connectivity index (χ0v) is 16.9. The molecule has 2 aliphatic rings. The summed E-state index contributed by atoms with van der Waals surface area (Å²) in [4.78, 5) is 20.9. The van der Waals surface area contributed by atoms with Gasteiger partial charge in [-0.15, -0.1) is 11.3 Å². The molecular weight excluding hydrogens is 366 g/mol. The SMILES string of the molecule is Cc1cncc(C(=O)N[C@H]2CC[C@@H]3[C@H]2CCN3Cc2cc3ccccc3s2)c1. The monoisotopic (exact) mass is 391 g/mol. The van der Waals surface area contributed by atoms with Crippen LogP contribution in [-0.2, 0) is 6.54 Å². The van der Waals surface area contributed by atoms with Crippen LogP contribution >= 0.6 is 11.3 Å². The van der Waals surface area contributed by atoms with Gasteiger partial charge in [0.15, 0.2) is 0 Å². The molecule has 5 heteroatoms. The summed E-state index contributed by atoms with van der Waals surface area (Å²) in [6.07, 6.45) is 6.87. The average molecular weight is 392 g/mol. The standard InChI is InChI=1S/C23H25N3OS/c1-15-10-17(13-24-12-15)23(27)25-20-6-7-21-19(20)8-9-26(21)14-18-11-16-4-2-3-5-22(16)28-18/h2-5,10-13,19-21H,6-9,14H2,1H3,(H,25,27)/t19-,20-,21+/m0/s1. The summed E-state index contributed by atoms with van der Waals surface area (Å²) in [5, 5.41) is 4.65. The number of benzene rings is 1. The van der Waals surface area contributed by atoms with Gasteiger partial charge in [-0.3, -0.25) is 14.7 Å². The molecule has 0 radical (unpaired) electrons. The molecule has 5 rings (SSSR count). The molecule has 3 heterocycles. The Morgan fingerprint density at radius 3 is 2.96 bits per heavy atom. The summed E-state index contributed by atoms with van der Waals surface area (Å²) in [6, 6.07) is 13.8. The number of nitrogens with zero attached hydrogens (tertiary/aromatic N) is 2. The quantitative estimate of drug-likeness (QED) is 0.717. The Balaban J connectivity index is 1.25. The normalized spacial score (nSPS) is 24.5. The molecule has 1 aromatic carbocycles. The minimum absolute atomic E-state index is 0.0183. The molecule has 4 nitrogen and oxygen atoms in total. The molecule has 1 aliphatic heterocycles. The molecule has 28 heavy (non-hydrogen) atoms. The Morgan fingerprint density at radius 2 is 2.11 bits per heavy atom. The van der Waals surface area contributed by atoms with E-state index in [-0.39, 0.29) is 11.9 Å². The van der Waals surface area contributed by atoms with E-state index in [1.54, 1.807) is 12.4 Å². The van der Waals surface area contributed by atoms with Crippen molar-refractivity contribution in [2.24, 2.45) is 5.92 Å². The molecule has 1 saturated carbocycles. The van der Waals surface area contributed by atoms with E-state index in [1.165, 1.54) is 27.8 Å². The zero-order valence-electron chi connectivity index (χ0n) is 16.1. The largest absolute Gasteiger partial charge is 0.349 e. The topological polar surface area (TPSA) is 45.2 Å². The fourth-order valence-corrected chi connectivity index (χ4v) is 6.09. The van der Waals surface area contributed by atoms with Crippen molar-refractivity contribution >= 4 is 27.3 Å². The lowest BCUT2D eigenvalue weighted by atomic mass is 9.99. The Morgan fingerprint density at radius 1 is 1.21 bits per heavy atom. The molecule has 0 unspecified atom stereocenters. The molecule has 144 valence electrons. The molecule has 1 amide bonds. The number of pyridine rings is 1. The highest BCUT2D eigenvalue weighted by Gasteiger charge is 2.44. The van der Waals surface area contributed by atoms with Crippen molar-refractivity contribution in [2.75, 3.05) is 6.54 Å². The van der Waals surface area contributed by atoms with Crippen LogP contribution in [0.2, 0.25) is 0 Å². The number of carbonyl (C=O) groups is 1. The number of hydrogen-bond donors (Lipinski definition) is 1. The predicted molar refractivity (Wildman–Crippen MR) is 114 cm³/mol. The van der Waals surface area contributed by atoms with Gasteiger partial charge in [0.05, 0.1) is 5.56 Å². The van der Waals surface area contributed by atoms with Gasteiger partial charge >= 0.3 is 0 Å². The zero-order chi connectivity index (χ0) is 19.1. The third-order valence-corrected chi connectivity index (χ3v) is 7.39. The number of amides is 1. The van der Waals surface area contributed by atoms with Crippen LogP contribution in [0.25, 0.3) is 10.1 Å². The highest BCUT2D eigenvalue weighted by molar-refractivity contribution is 7.19. The first-order chi connectivity index (χ1) is 13.7. The Hall–Kier alpha value is -2.24. The van der Waals surface area contributed by atoms with Crippen molar-refractivity contribution in [3.05, 3.63) is 64.8 Å². The number of aryl methyl sites for hydroxylation is 1. The summed E-state index contributed by atoms with van der Waals surface area (Å²) in [5.41, 5.74) is 1.69. The minimum Gasteiger partial charge on any atom is -0.349 e. The van der Waals surface area contributed by atoms with Crippen molar-refractivity contribution in [3.63, 3.8) is 0 Å². The van der Waals surface area contributed by atoms with Crippen LogP contribution in [0.15, 0.2) is 48.8 Å². The number of fused-ring (bicyclic) bond motifs is 2. The molecule has 0 spiro atoms. The van der Waals surface area contributed by atoms with Crippen LogP contribution in [0.4, 0.5) is 0 Å². The highest BCUT2D eigenvalue weighted by atomic mass is 32.1. The lowest BCUT2D eigenvalue weighted by molar-refractivity contribution is 0.0926. The molecule has 2 aromatic heterocycles. The lowest BCUT2D eigenvalue weighted by Gasteiger charge is -2.24. The van der Waals surface area contributed by atoms with E-state index in [4.69, 9.17) is 0 Å². The van der Waals surface area contributed by atoms with E-state index in [2.05, 4.69) is 45.5 Å². The van der Waals surface area contributed by atoms with Crippen LogP contribution in [-0.4, -0.2) is 34.4 Å². The van der Waals surface area contributed by atoms with Gasteiger partial charge in [-0.25, -0.2) is 0 Å². The van der Waals surface area contributed by atoms with Crippen molar-refractivity contribution in [1.82, 2.24) is 15.2 Å². The smallest absolute Gasteiger partial charge is 0.253 e. The van der Waals surface area contributed by atoms with E-state index in [0.29, 0.717) is 17.5 Å². The molecule has 3 aromatic rings. The van der Waals surface area contributed by atoms with Gasteiger partial charge < -0.3 is 5.32 Å². The van der Waals surface area contributed by atoms with Crippen LogP contribution in [0, 0.1) is 12.8 Å². The minimum atomic E-state index is 0.0183. The van der Waals surface area contributed by atoms with Crippen molar-refractivity contribution in [3.8, 4) is 0 Å². The molecule has 0 bridgehead atoms. The summed E-state index contributed by atoms with van der Waals surface area (Å²) in [7, 11) is 0. The van der Waals surface area contributed by atoms with Crippen molar-refractivity contribution < 1.29 is 4.79 Å². The summed E-state index contributed by atoms with van der Waals surface area (Å²) in [5.74, 6) is 0.584. The number of likely N-dealkylation sites (tertiary alicyclic amines) is 1. The fraction of sp³-hybridized carbons (Fsp3) is 0.391. The van der Waals surface area contributed by atoms with E-state index < -0.39 is 0 Å². The molecule has 3 atom stereocenters. The summed E-state index contributed by atoms with van der Waals surface area (Å²) >= 11 is 1.91. The van der Waals surface area contributed by atoms with Gasteiger partial charge in [0.2, 0.25) is 0 Å². The van der Waals surface area contributed by atoms with E-state index in [0.717, 1.165) is 25.1 Å². The Kier molecular flexibility index (Phi) is 4.65. The Labute approximate surface area is 169 Å². The van der Waals surface area contributed by atoms with Gasteiger partial charge in [-0.2, -0.15) is 0 Å². The lowest BCUT2D eigenvalue weighted by Crippen LogP contribution is -2.39. The first-order valence-corrected chi connectivity index (χ1v) is 10.9. The van der Waals surface area contributed by atoms with Crippen LogP contribution in [0.3, 0.4) is 0 Å². The third-order valence-electron chi connectivity index (χ3n) is 6.29. The second-order valence-electron chi connectivity index (χ2n) is 8.15. The van der Waals surface area contributed by atoms with Crippen molar-refractivity contribution in [1.29, 1.82) is 0 Å². The third kappa shape index (κ3) is 3.33. The number of thiophene rings is 1. The van der Waals surface area contributed by atoms with E-state index >= 15 is 0 Å². The van der Waals surface area contributed by atoms with Crippen LogP contribution in [0.1, 0.15) is 40.1 Å². The maximum atomic E-state index is 12.7. The average Bonchev–Trinajstić information content (AvgIpc) is 3.38. The number of hydrogen-bond acceptors (Lipinski definition) is 4.